The van der Waals surface area contributed by atoms with Gasteiger partial charge in [-0.1, -0.05) is 18.2 Å². The van der Waals surface area contributed by atoms with Gasteiger partial charge in [-0.2, -0.15) is 0 Å². The van der Waals surface area contributed by atoms with E-state index in [0.29, 0.717) is 17.2 Å². The number of imide groups is 1. The number of amides is 3. The second-order valence-corrected chi connectivity index (χ2v) is 7.07. The van der Waals surface area contributed by atoms with E-state index in [1.807, 2.05) is 57.3 Å². The minimum Gasteiger partial charge on any atom is -0.493 e. The number of aryl methyl sites for hydroxylation is 1. The van der Waals surface area contributed by atoms with Gasteiger partial charge in [0.15, 0.2) is 18.0 Å². The number of quaternary nitrogens is 1. The van der Waals surface area contributed by atoms with Crippen molar-refractivity contribution >= 4 is 17.6 Å². The molecule has 0 heterocycles. The standard InChI is InChI=1S/C22H29N3O4/c1-15-7-6-8-18(16(15)2)23-22(27)24-21(26)14-25(3)12-11-17-9-10-19(28-4)20(13-17)29-5/h6-10,13H,11-12,14H2,1-5H3,(H2,23,24,26,27)/p+1. The Bertz CT molecular complexity index is 867. The first-order chi connectivity index (χ1) is 13.8. The first-order valence-corrected chi connectivity index (χ1v) is 9.53. The molecule has 2 aromatic carbocycles. The van der Waals surface area contributed by atoms with Crippen molar-refractivity contribution in [2.24, 2.45) is 0 Å². The molecule has 3 N–H and O–H groups in total. The minimum atomic E-state index is -0.517. The van der Waals surface area contributed by atoms with Gasteiger partial charge in [0.25, 0.3) is 5.91 Å². The molecule has 0 aliphatic carbocycles. The number of anilines is 1. The molecule has 0 radical (unpaired) electrons. The Balaban J connectivity index is 1.81. The maximum absolute atomic E-state index is 12.2. The molecule has 0 spiro atoms. The second-order valence-electron chi connectivity index (χ2n) is 7.07. The summed E-state index contributed by atoms with van der Waals surface area (Å²) < 4.78 is 10.6. The Morgan fingerprint density at radius 1 is 1.03 bits per heavy atom. The average molecular weight is 400 g/mol. The molecule has 7 heteroatoms. The zero-order valence-corrected chi connectivity index (χ0v) is 17.7. The maximum atomic E-state index is 12.2. The number of nitrogens with one attached hydrogen (secondary N) is 3. The van der Waals surface area contributed by atoms with E-state index in [1.165, 1.54) is 0 Å². The van der Waals surface area contributed by atoms with E-state index < -0.39 is 6.03 Å². The van der Waals surface area contributed by atoms with Gasteiger partial charge >= 0.3 is 6.03 Å². The van der Waals surface area contributed by atoms with Gasteiger partial charge in [0.1, 0.15) is 0 Å². The van der Waals surface area contributed by atoms with Crippen molar-refractivity contribution in [3.8, 4) is 11.5 Å². The van der Waals surface area contributed by atoms with Gasteiger partial charge in [0.05, 0.1) is 27.8 Å². The fourth-order valence-corrected chi connectivity index (χ4v) is 2.97. The summed E-state index contributed by atoms with van der Waals surface area (Å²) in [6.07, 6.45) is 0.772. The molecule has 0 saturated heterocycles. The summed E-state index contributed by atoms with van der Waals surface area (Å²) in [4.78, 5) is 25.3. The number of likely N-dealkylation sites (N-methyl/N-ethyl adjacent to an activating group) is 1. The summed E-state index contributed by atoms with van der Waals surface area (Å²) in [5.74, 6) is 1.05. The number of ether oxygens (including phenoxy) is 2. The highest BCUT2D eigenvalue weighted by molar-refractivity contribution is 6.01. The lowest BCUT2D eigenvalue weighted by Crippen LogP contribution is -3.10. The SMILES string of the molecule is COc1ccc(CC[NH+](C)CC(=O)NC(=O)Nc2cccc(C)c2C)cc1OC. The maximum Gasteiger partial charge on any atom is 0.326 e. The Morgan fingerprint density at radius 3 is 2.45 bits per heavy atom. The van der Waals surface area contributed by atoms with Gasteiger partial charge in [-0.25, -0.2) is 4.79 Å². The van der Waals surface area contributed by atoms with Crippen LogP contribution in [0.15, 0.2) is 36.4 Å². The second kappa shape index (κ2) is 10.5. The van der Waals surface area contributed by atoms with Crippen LogP contribution in [0, 0.1) is 13.8 Å². The highest BCUT2D eigenvalue weighted by Gasteiger charge is 2.14. The van der Waals surface area contributed by atoms with Crippen LogP contribution in [0.5, 0.6) is 11.5 Å². The van der Waals surface area contributed by atoms with Crippen LogP contribution in [0.25, 0.3) is 0 Å². The molecule has 1 unspecified atom stereocenters. The smallest absolute Gasteiger partial charge is 0.326 e. The molecule has 0 fully saturated rings. The number of benzene rings is 2. The summed E-state index contributed by atoms with van der Waals surface area (Å²) in [6, 6.07) is 10.9. The predicted molar refractivity (Wildman–Crippen MR) is 113 cm³/mol. The monoisotopic (exact) mass is 400 g/mol. The highest BCUT2D eigenvalue weighted by Crippen LogP contribution is 2.27. The molecular formula is C22H30N3O4+. The Labute approximate surface area is 172 Å². The zero-order chi connectivity index (χ0) is 21.4. The molecule has 0 saturated carbocycles. The van der Waals surface area contributed by atoms with E-state index in [1.54, 1.807) is 14.2 Å². The number of methoxy groups -OCH3 is 2. The number of carbonyl (C=O) groups excluding carboxylic acids is 2. The summed E-state index contributed by atoms with van der Waals surface area (Å²) in [5.41, 5.74) is 3.85. The lowest BCUT2D eigenvalue weighted by atomic mass is 10.1. The topological polar surface area (TPSA) is 81.1 Å². The summed E-state index contributed by atoms with van der Waals surface area (Å²) >= 11 is 0. The minimum absolute atomic E-state index is 0.202. The van der Waals surface area contributed by atoms with Crippen molar-refractivity contribution < 1.29 is 24.0 Å². The van der Waals surface area contributed by atoms with Gasteiger partial charge in [0.2, 0.25) is 0 Å². The highest BCUT2D eigenvalue weighted by atomic mass is 16.5. The lowest BCUT2D eigenvalue weighted by molar-refractivity contribution is -0.870. The van der Waals surface area contributed by atoms with E-state index in [-0.39, 0.29) is 12.5 Å². The summed E-state index contributed by atoms with van der Waals surface area (Å²) in [6.45, 7) is 4.84. The van der Waals surface area contributed by atoms with Gasteiger partial charge in [0, 0.05) is 12.1 Å². The van der Waals surface area contributed by atoms with E-state index in [2.05, 4.69) is 10.6 Å². The van der Waals surface area contributed by atoms with Crippen LogP contribution in [-0.2, 0) is 11.2 Å². The molecule has 0 aromatic heterocycles. The molecule has 3 amide bonds. The van der Waals surface area contributed by atoms with E-state index in [4.69, 9.17) is 9.47 Å². The van der Waals surface area contributed by atoms with E-state index >= 15 is 0 Å². The Hall–Kier alpha value is -3.06. The van der Waals surface area contributed by atoms with Crippen molar-refractivity contribution in [1.82, 2.24) is 5.32 Å². The average Bonchev–Trinajstić information content (AvgIpc) is 2.69. The molecule has 0 aliphatic rings. The van der Waals surface area contributed by atoms with Gasteiger partial charge in [-0.05, 0) is 48.7 Å². The van der Waals surface area contributed by atoms with Crippen molar-refractivity contribution in [2.75, 3.05) is 39.7 Å². The third kappa shape index (κ3) is 6.50. The molecular weight excluding hydrogens is 370 g/mol. The quantitative estimate of drug-likeness (QED) is 0.630. The first-order valence-electron chi connectivity index (χ1n) is 9.53. The number of carbonyl (C=O) groups is 2. The molecule has 156 valence electrons. The Kier molecular flexibility index (Phi) is 8.03. The molecule has 0 bridgehead atoms. The fourth-order valence-electron chi connectivity index (χ4n) is 2.97. The van der Waals surface area contributed by atoms with Crippen molar-refractivity contribution in [2.45, 2.75) is 20.3 Å². The zero-order valence-electron chi connectivity index (χ0n) is 17.7. The van der Waals surface area contributed by atoms with Crippen molar-refractivity contribution in [3.05, 3.63) is 53.1 Å². The number of hydrogen-bond donors (Lipinski definition) is 3. The third-order valence-electron chi connectivity index (χ3n) is 4.86. The normalized spacial score (nSPS) is 11.5. The molecule has 1 atom stereocenters. The summed E-state index contributed by atoms with van der Waals surface area (Å²) in [7, 11) is 5.13. The van der Waals surface area contributed by atoms with Gasteiger partial charge in [-0.3, -0.25) is 10.1 Å². The molecule has 7 nitrogen and oxygen atoms in total. The van der Waals surface area contributed by atoms with Gasteiger partial charge < -0.3 is 19.7 Å². The van der Waals surface area contributed by atoms with Gasteiger partial charge in [-0.15, -0.1) is 0 Å². The van der Waals surface area contributed by atoms with Crippen LogP contribution in [-0.4, -0.2) is 46.3 Å². The lowest BCUT2D eigenvalue weighted by Gasteiger charge is -2.15. The predicted octanol–water partition coefficient (Wildman–Crippen LogP) is 1.73. The van der Waals surface area contributed by atoms with Crippen LogP contribution in [0.4, 0.5) is 10.5 Å². The molecule has 2 rings (SSSR count). The van der Waals surface area contributed by atoms with Crippen LogP contribution >= 0.6 is 0 Å². The van der Waals surface area contributed by atoms with Crippen LogP contribution in [0.1, 0.15) is 16.7 Å². The molecule has 0 aliphatic heterocycles. The van der Waals surface area contributed by atoms with Crippen LogP contribution in [0.2, 0.25) is 0 Å². The fraction of sp³-hybridized carbons (Fsp3) is 0.364. The largest absolute Gasteiger partial charge is 0.493 e. The Morgan fingerprint density at radius 2 is 1.76 bits per heavy atom. The van der Waals surface area contributed by atoms with E-state index in [0.717, 1.165) is 34.6 Å². The number of urea groups is 1. The van der Waals surface area contributed by atoms with Crippen LogP contribution in [0.3, 0.4) is 0 Å². The van der Waals surface area contributed by atoms with Crippen molar-refractivity contribution in [1.29, 1.82) is 0 Å². The van der Waals surface area contributed by atoms with Crippen LogP contribution < -0.4 is 25.0 Å². The first kappa shape index (κ1) is 22.2. The molecule has 29 heavy (non-hydrogen) atoms. The van der Waals surface area contributed by atoms with Crippen molar-refractivity contribution in [3.63, 3.8) is 0 Å². The third-order valence-corrected chi connectivity index (χ3v) is 4.86. The molecule has 2 aromatic rings. The van der Waals surface area contributed by atoms with E-state index in [9.17, 15) is 9.59 Å². The number of rotatable bonds is 8. The number of hydrogen-bond acceptors (Lipinski definition) is 4. The summed E-state index contributed by atoms with van der Waals surface area (Å²) in [5, 5.41) is 5.12.